The highest BCUT2D eigenvalue weighted by Gasteiger charge is 2.27. The number of nitrogens with zero attached hydrogens (tertiary/aromatic N) is 2. The van der Waals surface area contributed by atoms with Crippen LogP contribution in [0, 0.1) is 5.41 Å². The molecule has 1 amide bonds. The molecule has 1 fully saturated rings. The molecule has 1 aliphatic rings. The molecule has 1 aromatic heterocycles. The fraction of sp³-hybridized carbons (Fsp3) is 0.625. The Hall–Kier alpha value is -1.04. The van der Waals surface area contributed by atoms with Gasteiger partial charge in [0.15, 0.2) is 0 Å². The summed E-state index contributed by atoms with van der Waals surface area (Å²) in [4.78, 5) is 18.7. The van der Waals surface area contributed by atoms with E-state index >= 15 is 0 Å². The third-order valence-corrected chi connectivity index (χ3v) is 3.92. The third-order valence-electron chi connectivity index (χ3n) is 3.92. The average Bonchev–Trinajstić information content (AvgIpc) is 2.97. The quantitative estimate of drug-likeness (QED) is 0.862. The lowest BCUT2D eigenvalue weighted by molar-refractivity contribution is -0.124. The van der Waals surface area contributed by atoms with Crippen molar-refractivity contribution in [2.24, 2.45) is 11.1 Å². The van der Waals surface area contributed by atoms with Crippen molar-refractivity contribution >= 4 is 36.5 Å². The number of amides is 1. The molecule has 1 saturated heterocycles. The molecule has 1 atom stereocenters. The van der Waals surface area contributed by atoms with E-state index in [2.05, 4.69) is 15.2 Å². The summed E-state index contributed by atoms with van der Waals surface area (Å²) in [7, 11) is 0. The molecular formula is C16H28Cl2N4O. The van der Waals surface area contributed by atoms with Gasteiger partial charge in [-0.25, -0.2) is 4.98 Å². The molecular weight excluding hydrogens is 335 g/mol. The maximum absolute atomic E-state index is 12.0. The van der Waals surface area contributed by atoms with Gasteiger partial charge in [-0.15, -0.1) is 24.8 Å². The standard InChI is InChI=1S/C16H26N4O.2ClH/c1-16(2,3)14(17)15(21)19-11-12-6-7-18-13(10-12)20-8-4-5-9-20;;/h6-7,10,14H,4-5,8-9,11,17H2,1-3H3,(H,19,21);2*1H/t14-;;/m1../s1. The smallest absolute Gasteiger partial charge is 0.237 e. The van der Waals surface area contributed by atoms with E-state index in [1.807, 2.05) is 32.9 Å². The van der Waals surface area contributed by atoms with Crippen molar-refractivity contribution in [3.8, 4) is 0 Å². The van der Waals surface area contributed by atoms with Crippen LogP contribution in [-0.4, -0.2) is 30.0 Å². The first-order chi connectivity index (χ1) is 9.88. The van der Waals surface area contributed by atoms with Crippen LogP contribution in [0.3, 0.4) is 0 Å². The second kappa shape index (κ2) is 9.30. The molecule has 0 aromatic carbocycles. The molecule has 0 bridgehead atoms. The van der Waals surface area contributed by atoms with Gasteiger partial charge >= 0.3 is 0 Å². The Morgan fingerprint density at radius 1 is 1.35 bits per heavy atom. The Morgan fingerprint density at radius 3 is 2.52 bits per heavy atom. The summed E-state index contributed by atoms with van der Waals surface area (Å²) in [5.41, 5.74) is 6.78. The number of hydrogen-bond donors (Lipinski definition) is 2. The van der Waals surface area contributed by atoms with Crippen LogP contribution >= 0.6 is 24.8 Å². The van der Waals surface area contributed by atoms with Crippen LogP contribution in [0.25, 0.3) is 0 Å². The first kappa shape index (κ1) is 22.0. The second-order valence-electron chi connectivity index (χ2n) is 6.78. The zero-order chi connectivity index (χ0) is 15.5. The summed E-state index contributed by atoms with van der Waals surface area (Å²) in [6, 6.07) is 3.48. The zero-order valence-corrected chi connectivity index (χ0v) is 15.7. The molecule has 0 spiro atoms. The van der Waals surface area contributed by atoms with Gasteiger partial charge in [0.2, 0.25) is 5.91 Å². The Balaban J connectivity index is 0.00000242. The van der Waals surface area contributed by atoms with Gasteiger partial charge in [0.25, 0.3) is 0 Å². The van der Waals surface area contributed by atoms with E-state index in [1.54, 1.807) is 6.20 Å². The normalized spacial score (nSPS) is 15.4. The topological polar surface area (TPSA) is 71.2 Å². The second-order valence-corrected chi connectivity index (χ2v) is 6.78. The van der Waals surface area contributed by atoms with Gasteiger partial charge in [0, 0.05) is 25.8 Å². The van der Waals surface area contributed by atoms with Crippen LogP contribution in [0.4, 0.5) is 5.82 Å². The minimum absolute atomic E-state index is 0. The van der Waals surface area contributed by atoms with Gasteiger partial charge in [-0.3, -0.25) is 4.79 Å². The van der Waals surface area contributed by atoms with E-state index in [0.717, 1.165) is 24.5 Å². The highest BCUT2D eigenvalue weighted by Crippen LogP contribution is 2.19. The molecule has 7 heteroatoms. The SMILES string of the molecule is CC(C)(C)[C@H](N)C(=O)NCc1ccnc(N2CCCC2)c1.Cl.Cl. The van der Waals surface area contributed by atoms with E-state index in [0.29, 0.717) is 6.54 Å². The largest absolute Gasteiger partial charge is 0.357 e. The van der Waals surface area contributed by atoms with Crippen molar-refractivity contribution in [3.63, 3.8) is 0 Å². The number of anilines is 1. The fourth-order valence-corrected chi connectivity index (χ4v) is 2.38. The van der Waals surface area contributed by atoms with Gasteiger partial charge in [0.1, 0.15) is 5.82 Å². The highest BCUT2D eigenvalue weighted by molar-refractivity contribution is 5.85. The molecule has 0 radical (unpaired) electrons. The molecule has 5 nitrogen and oxygen atoms in total. The average molecular weight is 363 g/mol. The van der Waals surface area contributed by atoms with Crippen LogP contribution in [0.5, 0.6) is 0 Å². The van der Waals surface area contributed by atoms with Crippen molar-refractivity contribution in [1.29, 1.82) is 0 Å². The van der Waals surface area contributed by atoms with Crippen molar-refractivity contribution in [2.45, 2.75) is 46.2 Å². The van der Waals surface area contributed by atoms with Crippen molar-refractivity contribution in [1.82, 2.24) is 10.3 Å². The number of pyridine rings is 1. The predicted octanol–water partition coefficient (Wildman–Crippen LogP) is 2.52. The number of hydrogen-bond acceptors (Lipinski definition) is 4. The number of nitrogens with two attached hydrogens (primary N) is 1. The molecule has 0 saturated carbocycles. The van der Waals surface area contributed by atoms with Gasteiger partial charge in [0.05, 0.1) is 6.04 Å². The summed E-state index contributed by atoms with van der Waals surface area (Å²) < 4.78 is 0. The van der Waals surface area contributed by atoms with E-state index in [9.17, 15) is 4.79 Å². The summed E-state index contributed by atoms with van der Waals surface area (Å²) in [5.74, 6) is 0.890. The molecule has 23 heavy (non-hydrogen) atoms. The Labute approximate surface area is 151 Å². The van der Waals surface area contributed by atoms with Crippen molar-refractivity contribution < 1.29 is 4.79 Å². The predicted molar refractivity (Wildman–Crippen MR) is 99.5 cm³/mol. The summed E-state index contributed by atoms with van der Waals surface area (Å²) in [6.07, 6.45) is 4.25. The molecule has 2 heterocycles. The molecule has 0 aliphatic carbocycles. The Kier molecular flexibility index (Phi) is 8.88. The molecule has 0 unspecified atom stereocenters. The zero-order valence-electron chi connectivity index (χ0n) is 14.0. The number of nitrogens with one attached hydrogen (secondary N) is 1. The molecule has 1 aromatic rings. The van der Waals surface area contributed by atoms with Gasteiger partial charge in [-0.05, 0) is 36.0 Å². The van der Waals surface area contributed by atoms with Crippen molar-refractivity contribution in [3.05, 3.63) is 23.9 Å². The Bertz CT molecular complexity index is 499. The fourth-order valence-electron chi connectivity index (χ4n) is 2.38. The first-order valence-electron chi connectivity index (χ1n) is 7.61. The van der Waals surface area contributed by atoms with Crippen LogP contribution < -0.4 is 16.0 Å². The number of carbonyl (C=O) groups excluding carboxylic acids is 1. The van der Waals surface area contributed by atoms with Crippen LogP contribution in [0.1, 0.15) is 39.2 Å². The van der Waals surface area contributed by atoms with Crippen LogP contribution in [0.2, 0.25) is 0 Å². The van der Waals surface area contributed by atoms with E-state index in [1.165, 1.54) is 12.8 Å². The maximum atomic E-state index is 12.0. The first-order valence-corrected chi connectivity index (χ1v) is 7.61. The van der Waals surface area contributed by atoms with Gasteiger partial charge in [-0.1, -0.05) is 20.8 Å². The number of carbonyl (C=O) groups is 1. The Morgan fingerprint density at radius 2 is 1.96 bits per heavy atom. The number of aromatic nitrogens is 1. The summed E-state index contributed by atoms with van der Waals surface area (Å²) in [5, 5.41) is 2.91. The van der Waals surface area contributed by atoms with E-state index in [-0.39, 0.29) is 36.1 Å². The van der Waals surface area contributed by atoms with Crippen molar-refractivity contribution in [2.75, 3.05) is 18.0 Å². The highest BCUT2D eigenvalue weighted by atomic mass is 35.5. The van der Waals surface area contributed by atoms with Crippen LogP contribution in [0.15, 0.2) is 18.3 Å². The summed E-state index contributed by atoms with van der Waals surface area (Å²) in [6.45, 7) is 8.53. The van der Waals surface area contributed by atoms with E-state index in [4.69, 9.17) is 5.73 Å². The monoisotopic (exact) mass is 362 g/mol. The summed E-state index contributed by atoms with van der Waals surface area (Å²) >= 11 is 0. The molecule has 3 N–H and O–H groups in total. The molecule has 132 valence electrons. The molecule has 2 rings (SSSR count). The van der Waals surface area contributed by atoms with Gasteiger partial charge < -0.3 is 16.0 Å². The lowest BCUT2D eigenvalue weighted by Crippen LogP contribution is -2.48. The lowest BCUT2D eigenvalue weighted by Gasteiger charge is -2.25. The minimum Gasteiger partial charge on any atom is -0.357 e. The minimum atomic E-state index is -0.502. The number of rotatable bonds is 4. The maximum Gasteiger partial charge on any atom is 0.237 e. The van der Waals surface area contributed by atoms with Gasteiger partial charge in [-0.2, -0.15) is 0 Å². The lowest BCUT2D eigenvalue weighted by atomic mass is 9.87. The third kappa shape index (κ3) is 6.16. The molecule has 1 aliphatic heterocycles. The van der Waals surface area contributed by atoms with Crippen LogP contribution in [-0.2, 0) is 11.3 Å². The van der Waals surface area contributed by atoms with E-state index < -0.39 is 6.04 Å². The number of halogens is 2.